The number of thioether (sulfide) groups is 1. The van der Waals surface area contributed by atoms with Crippen LogP contribution in [0.3, 0.4) is 0 Å². The fraction of sp³-hybridized carbons (Fsp3) is 0.0541. The maximum absolute atomic E-state index is 13.7. The summed E-state index contributed by atoms with van der Waals surface area (Å²) in [5, 5.41) is 0.527. The summed E-state index contributed by atoms with van der Waals surface area (Å²) in [7, 11) is 0. The number of hydrogen-bond acceptors (Lipinski definition) is 4. The zero-order valence-corrected chi connectivity index (χ0v) is 24.0. The zero-order valence-electron chi connectivity index (χ0n) is 23.2. The molecule has 0 radical (unpaired) electrons. The maximum atomic E-state index is 13.7. The molecule has 0 aliphatic carbocycles. The minimum atomic E-state index is -0.106. The van der Waals surface area contributed by atoms with Crippen LogP contribution in [0.5, 0.6) is 0 Å². The van der Waals surface area contributed by atoms with Gasteiger partial charge >= 0.3 is 0 Å². The Morgan fingerprint density at radius 3 is 1.95 bits per heavy atom. The number of rotatable bonds is 6. The minimum absolute atomic E-state index is 0.0504. The Morgan fingerprint density at radius 1 is 0.651 bits per heavy atom. The lowest BCUT2D eigenvalue weighted by molar-refractivity contribution is -0.115. The van der Waals surface area contributed by atoms with Crippen LogP contribution >= 0.6 is 11.8 Å². The normalized spacial score (nSPS) is 15.0. The van der Waals surface area contributed by atoms with E-state index in [1.807, 2.05) is 126 Å². The molecule has 0 saturated carbocycles. The van der Waals surface area contributed by atoms with Crippen LogP contribution in [0.15, 0.2) is 144 Å². The van der Waals surface area contributed by atoms with E-state index >= 15 is 0 Å². The van der Waals surface area contributed by atoms with Crippen LogP contribution in [0.25, 0.3) is 45.2 Å². The van der Waals surface area contributed by atoms with E-state index in [4.69, 9.17) is 4.98 Å². The second kappa shape index (κ2) is 11.6. The summed E-state index contributed by atoms with van der Waals surface area (Å²) < 4.78 is 1.68. The largest absolute Gasteiger partial charge is 0.296 e. The Morgan fingerprint density at radius 2 is 1.26 bits per heavy atom. The van der Waals surface area contributed by atoms with Crippen molar-refractivity contribution in [1.29, 1.82) is 0 Å². The molecule has 5 aromatic carbocycles. The summed E-state index contributed by atoms with van der Waals surface area (Å²) in [6.07, 6.45) is 4.16. The van der Waals surface area contributed by atoms with Gasteiger partial charge in [0, 0.05) is 11.3 Å². The first-order valence-electron chi connectivity index (χ1n) is 14.1. The van der Waals surface area contributed by atoms with E-state index in [0.717, 1.165) is 33.6 Å². The van der Waals surface area contributed by atoms with Gasteiger partial charge in [0.1, 0.15) is 11.2 Å². The van der Waals surface area contributed by atoms with Crippen molar-refractivity contribution in [3.05, 3.63) is 155 Å². The molecule has 2 heterocycles. The molecule has 43 heavy (non-hydrogen) atoms. The lowest BCUT2D eigenvalue weighted by Gasteiger charge is -2.22. The quantitative estimate of drug-likeness (QED) is 0.202. The number of hydrogen-bond donors (Lipinski definition) is 0. The highest BCUT2D eigenvalue weighted by atomic mass is 32.2. The summed E-state index contributed by atoms with van der Waals surface area (Å²) in [4.78, 5) is 33.2. The van der Waals surface area contributed by atoms with Crippen LogP contribution in [0.1, 0.15) is 5.56 Å². The van der Waals surface area contributed by atoms with Crippen molar-refractivity contribution in [2.45, 2.75) is 5.37 Å². The van der Waals surface area contributed by atoms with E-state index in [2.05, 4.69) is 24.3 Å². The first-order chi connectivity index (χ1) is 21.2. The SMILES string of the molecule is O=C1CS[C@@H](/C=C/c2ccccc2)N1c1ccc(-c2ccc(-n3c(-c4ccccc4)nc4ccccc4c3=O)cc2)cc1. The van der Waals surface area contributed by atoms with E-state index in [1.54, 1.807) is 16.3 Å². The van der Waals surface area contributed by atoms with Gasteiger partial charge < -0.3 is 0 Å². The fourth-order valence-electron chi connectivity index (χ4n) is 5.40. The van der Waals surface area contributed by atoms with Crippen LogP contribution in [-0.4, -0.2) is 26.6 Å². The fourth-order valence-corrected chi connectivity index (χ4v) is 6.43. The number of aromatic nitrogens is 2. The van der Waals surface area contributed by atoms with Crippen LogP contribution in [0.2, 0.25) is 0 Å². The maximum Gasteiger partial charge on any atom is 0.266 e. The Bertz CT molecular complexity index is 2000. The molecule has 1 fully saturated rings. The zero-order chi connectivity index (χ0) is 29.2. The molecule has 6 heteroatoms. The highest BCUT2D eigenvalue weighted by molar-refractivity contribution is 8.01. The van der Waals surface area contributed by atoms with Crippen molar-refractivity contribution in [2.24, 2.45) is 0 Å². The van der Waals surface area contributed by atoms with E-state index < -0.39 is 0 Å². The highest BCUT2D eigenvalue weighted by Crippen LogP contribution is 2.33. The van der Waals surface area contributed by atoms with Crippen LogP contribution < -0.4 is 10.5 Å². The van der Waals surface area contributed by atoms with Gasteiger partial charge in [-0.15, -0.1) is 11.8 Å². The lowest BCUT2D eigenvalue weighted by Crippen LogP contribution is -2.31. The van der Waals surface area contributed by atoms with Gasteiger partial charge in [0.2, 0.25) is 5.91 Å². The number of para-hydroxylation sites is 1. The average Bonchev–Trinajstić information content (AvgIpc) is 3.44. The molecule has 1 amide bonds. The van der Waals surface area contributed by atoms with Crippen LogP contribution in [0, 0.1) is 0 Å². The molecule has 0 spiro atoms. The van der Waals surface area contributed by atoms with Crippen LogP contribution in [-0.2, 0) is 4.79 Å². The third-order valence-corrected chi connectivity index (χ3v) is 8.69. The van der Waals surface area contributed by atoms with Gasteiger partial charge in [-0.05, 0) is 53.1 Å². The Kier molecular flexibility index (Phi) is 7.19. The Hall–Kier alpha value is -5.20. The van der Waals surface area contributed by atoms with Crippen LogP contribution in [0.4, 0.5) is 5.69 Å². The third-order valence-electron chi connectivity index (χ3n) is 7.57. The number of nitrogens with zero attached hydrogens (tertiary/aromatic N) is 3. The monoisotopic (exact) mass is 577 g/mol. The first kappa shape index (κ1) is 26.7. The molecule has 1 saturated heterocycles. The number of anilines is 1. The van der Waals surface area contributed by atoms with Crippen molar-refractivity contribution in [2.75, 3.05) is 10.7 Å². The molecule has 7 rings (SSSR count). The van der Waals surface area contributed by atoms with Gasteiger partial charge in [0.15, 0.2) is 0 Å². The average molecular weight is 578 g/mol. The molecule has 1 aromatic heterocycles. The minimum Gasteiger partial charge on any atom is -0.296 e. The van der Waals surface area contributed by atoms with E-state index in [1.165, 1.54) is 0 Å². The molecule has 1 aliphatic rings. The van der Waals surface area contributed by atoms with Gasteiger partial charge in [-0.1, -0.05) is 109 Å². The topological polar surface area (TPSA) is 55.2 Å². The number of carbonyl (C=O) groups excluding carboxylic acids is 1. The van der Waals surface area contributed by atoms with E-state index in [9.17, 15) is 9.59 Å². The molecule has 6 aromatic rings. The summed E-state index contributed by atoms with van der Waals surface area (Å²) >= 11 is 1.63. The number of amides is 1. The molecule has 0 unspecified atom stereocenters. The second-order valence-corrected chi connectivity index (χ2v) is 11.4. The number of carbonyl (C=O) groups is 1. The summed E-state index contributed by atoms with van der Waals surface area (Å²) in [6, 6.07) is 43.4. The molecule has 1 aliphatic heterocycles. The second-order valence-electron chi connectivity index (χ2n) is 10.3. The van der Waals surface area contributed by atoms with Gasteiger partial charge in [-0.3, -0.25) is 19.1 Å². The number of fused-ring (bicyclic) bond motifs is 1. The molecule has 0 bridgehead atoms. The Balaban J connectivity index is 1.18. The predicted molar refractivity (Wildman–Crippen MR) is 177 cm³/mol. The molecule has 0 N–H and O–H groups in total. The van der Waals surface area contributed by atoms with Crippen molar-refractivity contribution in [3.63, 3.8) is 0 Å². The van der Waals surface area contributed by atoms with Gasteiger partial charge in [-0.25, -0.2) is 4.98 Å². The van der Waals surface area contributed by atoms with E-state index in [-0.39, 0.29) is 16.8 Å². The van der Waals surface area contributed by atoms with Crippen molar-refractivity contribution < 1.29 is 4.79 Å². The molecule has 5 nitrogen and oxygen atoms in total. The van der Waals surface area contributed by atoms with Crippen molar-refractivity contribution in [1.82, 2.24) is 9.55 Å². The highest BCUT2D eigenvalue weighted by Gasteiger charge is 2.31. The number of benzene rings is 5. The lowest BCUT2D eigenvalue weighted by atomic mass is 10.0. The standard InChI is InChI=1S/C37H27N3O2S/c41-34-25-43-35(24-15-26-9-3-1-4-10-26)39(34)30-20-16-27(17-21-30)28-18-22-31(23-19-28)40-36(29-11-5-2-6-12-29)38-33-14-8-7-13-32(33)37(40)42/h1-24,35H,25H2/b24-15+/t35-/m0/s1. The summed E-state index contributed by atoms with van der Waals surface area (Å²) in [5.74, 6) is 1.17. The summed E-state index contributed by atoms with van der Waals surface area (Å²) in [6.45, 7) is 0. The molecule has 208 valence electrons. The van der Waals surface area contributed by atoms with E-state index in [0.29, 0.717) is 22.5 Å². The van der Waals surface area contributed by atoms with Gasteiger partial charge in [-0.2, -0.15) is 0 Å². The van der Waals surface area contributed by atoms with Gasteiger partial charge in [0.25, 0.3) is 5.56 Å². The van der Waals surface area contributed by atoms with Crippen molar-refractivity contribution >= 4 is 40.3 Å². The first-order valence-corrected chi connectivity index (χ1v) is 15.2. The smallest absolute Gasteiger partial charge is 0.266 e. The third kappa shape index (κ3) is 5.29. The van der Waals surface area contributed by atoms with Gasteiger partial charge in [0.05, 0.1) is 22.3 Å². The molecule has 1 atom stereocenters. The summed E-state index contributed by atoms with van der Waals surface area (Å²) in [5.41, 5.74) is 6.21. The van der Waals surface area contributed by atoms with Crippen molar-refractivity contribution in [3.8, 4) is 28.2 Å². The Labute approximate surface area is 253 Å². The molecular weight excluding hydrogens is 550 g/mol. The molecular formula is C37H27N3O2S. The predicted octanol–water partition coefficient (Wildman–Crippen LogP) is 7.84.